The van der Waals surface area contributed by atoms with Crippen molar-refractivity contribution in [2.45, 2.75) is 52.7 Å². The second kappa shape index (κ2) is 10.6. The van der Waals surface area contributed by atoms with Crippen molar-refractivity contribution in [2.24, 2.45) is 0 Å². The van der Waals surface area contributed by atoms with Crippen LogP contribution < -0.4 is 10.6 Å². The molecule has 0 radical (unpaired) electrons. The number of ether oxygens (including phenoxy) is 2. The van der Waals surface area contributed by atoms with Crippen LogP contribution in [-0.4, -0.2) is 30.1 Å². The molecule has 0 saturated carbocycles. The van der Waals surface area contributed by atoms with Crippen LogP contribution in [0.4, 0.5) is 10.5 Å². The molecule has 0 aliphatic heterocycles. The number of anilines is 1. The fourth-order valence-electron chi connectivity index (χ4n) is 2.93. The number of amides is 2. The summed E-state index contributed by atoms with van der Waals surface area (Å²) in [5.74, 6) is -1.06. The van der Waals surface area contributed by atoms with E-state index in [2.05, 4.69) is 10.6 Å². The van der Waals surface area contributed by atoms with Crippen molar-refractivity contribution in [3.63, 3.8) is 0 Å². The molecule has 0 aliphatic rings. The Morgan fingerprint density at radius 2 is 1.58 bits per heavy atom. The number of carbonyl (C=O) groups is 3. The number of nitrogens with one attached hydrogen (secondary N) is 2. The summed E-state index contributed by atoms with van der Waals surface area (Å²) in [5.41, 5.74) is 2.58. The van der Waals surface area contributed by atoms with Crippen LogP contribution in [0.5, 0.6) is 0 Å². The van der Waals surface area contributed by atoms with E-state index in [0.29, 0.717) is 11.3 Å². The van der Waals surface area contributed by atoms with Crippen molar-refractivity contribution >= 4 is 23.7 Å². The van der Waals surface area contributed by atoms with Crippen molar-refractivity contribution in [3.8, 4) is 0 Å². The van der Waals surface area contributed by atoms with E-state index < -0.39 is 29.7 Å². The molecule has 0 aromatic heterocycles. The van der Waals surface area contributed by atoms with Crippen LogP contribution in [0.25, 0.3) is 0 Å². The fraction of sp³-hybridized carbons (Fsp3) is 0.375. The molecule has 7 heteroatoms. The number of rotatable bonds is 7. The van der Waals surface area contributed by atoms with Gasteiger partial charge in [-0.2, -0.15) is 0 Å². The zero-order valence-electron chi connectivity index (χ0n) is 18.7. The molecule has 2 aromatic rings. The highest BCUT2D eigenvalue weighted by atomic mass is 16.6. The lowest BCUT2D eigenvalue weighted by Crippen LogP contribution is -2.34. The van der Waals surface area contributed by atoms with Gasteiger partial charge in [-0.1, -0.05) is 36.4 Å². The summed E-state index contributed by atoms with van der Waals surface area (Å²) in [4.78, 5) is 37.0. The van der Waals surface area contributed by atoms with Crippen molar-refractivity contribution in [3.05, 3.63) is 65.2 Å². The Morgan fingerprint density at radius 3 is 2.16 bits per heavy atom. The molecule has 0 saturated heterocycles. The third-order valence-corrected chi connectivity index (χ3v) is 4.08. The highest BCUT2D eigenvalue weighted by Crippen LogP contribution is 2.22. The highest BCUT2D eigenvalue weighted by Gasteiger charge is 2.25. The SMILES string of the molecule is Cc1cc(C)cc(NC(=O)C(OC(=O)CCNC(=O)OC(C)(C)C)c2ccccc2)c1. The number of esters is 1. The lowest BCUT2D eigenvalue weighted by atomic mass is 10.1. The lowest BCUT2D eigenvalue weighted by Gasteiger charge is -2.20. The number of hydrogen-bond donors (Lipinski definition) is 2. The van der Waals surface area contributed by atoms with Crippen LogP contribution in [0.1, 0.15) is 50.0 Å². The Kier molecular flexibility index (Phi) is 8.19. The highest BCUT2D eigenvalue weighted by molar-refractivity contribution is 5.96. The molecule has 2 N–H and O–H groups in total. The van der Waals surface area contributed by atoms with Crippen molar-refractivity contribution in [1.82, 2.24) is 5.32 Å². The molecule has 166 valence electrons. The third-order valence-electron chi connectivity index (χ3n) is 4.08. The van der Waals surface area contributed by atoms with E-state index in [1.807, 2.05) is 38.1 Å². The summed E-state index contributed by atoms with van der Waals surface area (Å²) in [7, 11) is 0. The fourth-order valence-corrected chi connectivity index (χ4v) is 2.93. The number of benzene rings is 2. The second-order valence-corrected chi connectivity index (χ2v) is 8.32. The van der Waals surface area contributed by atoms with Crippen LogP contribution >= 0.6 is 0 Å². The standard InChI is InChI=1S/C24H30N2O5/c1-16-13-17(2)15-19(14-16)26-22(28)21(18-9-7-6-8-10-18)30-20(27)11-12-25-23(29)31-24(3,4)5/h6-10,13-15,21H,11-12H2,1-5H3,(H,25,29)(H,26,28). The van der Waals surface area contributed by atoms with Gasteiger partial charge in [0.05, 0.1) is 6.42 Å². The van der Waals surface area contributed by atoms with Gasteiger partial charge in [0.1, 0.15) is 5.60 Å². The monoisotopic (exact) mass is 426 g/mol. The second-order valence-electron chi connectivity index (χ2n) is 8.32. The number of hydrogen-bond acceptors (Lipinski definition) is 5. The summed E-state index contributed by atoms with van der Waals surface area (Å²) in [5, 5.41) is 5.32. The van der Waals surface area contributed by atoms with E-state index in [0.717, 1.165) is 11.1 Å². The molecule has 1 unspecified atom stereocenters. The maximum absolute atomic E-state index is 12.9. The first kappa shape index (κ1) is 23.9. The third kappa shape index (κ3) is 8.50. The molecule has 2 rings (SSSR count). The van der Waals surface area contributed by atoms with Gasteiger partial charge in [-0.25, -0.2) is 4.79 Å². The van der Waals surface area contributed by atoms with E-state index in [9.17, 15) is 14.4 Å². The van der Waals surface area contributed by atoms with Gasteiger partial charge in [-0.15, -0.1) is 0 Å². The van der Waals surface area contributed by atoms with Gasteiger partial charge in [-0.05, 0) is 57.9 Å². The van der Waals surface area contributed by atoms with Crippen LogP contribution in [-0.2, 0) is 19.1 Å². The Bertz CT molecular complexity index is 899. The zero-order valence-corrected chi connectivity index (χ0v) is 18.7. The molecule has 7 nitrogen and oxygen atoms in total. The first-order valence-electron chi connectivity index (χ1n) is 10.1. The number of alkyl carbamates (subject to hydrolysis) is 1. The van der Waals surface area contributed by atoms with Gasteiger partial charge in [0.15, 0.2) is 0 Å². The molecule has 2 aromatic carbocycles. The van der Waals surface area contributed by atoms with E-state index in [1.54, 1.807) is 45.0 Å². The van der Waals surface area contributed by atoms with E-state index in [-0.39, 0.29) is 13.0 Å². The summed E-state index contributed by atoms with van der Waals surface area (Å²) in [6, 6.07) is 14.5. The molecule has 0 aliphatic carbocycles. The number of aryl methyl sites for hydroxylation is 2. The minimum absolute atomic E-state index is 0.0357. The van der Waals surface area contributed by atoms with E-state index in [1.165, 1.54) is 0 Å². The quantitative estimate of drug-likeness (QED) is 0.639. The van der Waals surface area contributed by atoms with Crippen molar-refractivity contribution in [2.75, 3.05) is 11.9 Å². The number of carbonyl (C=O) groups excluding carboxylic acids is 3. The Morgan fingerprint density at radius 1 is 0.968 bits per heavy atom. The molecular formula is C24H30N2O5. The predicted molar refractivity (Wildman–Crippen MR) is 119 cm³/mol. The van der Waals surface area contributed by atoms with E-state index >= 15 is 0 Å². The first-order valence-corrected chi connectivity index (χ1v) is 10.1. The Balaban J connectivity index is 2.02. The minimum atomic E-state index is -1.11. The Labute approximate surface area is 183 Å². The van der Waals surface area contributed by atoms with Crippen LogP contribution in [0.2, 0.25) is 0 Å². The Hall–Kier alpha value is -3.35. The maximum Gasteiger partial charge on any atom is 0.407 e. The zero-order chi connectivity index (χ0) is 23.0. The van der Waals surface area contributed by atoms with Crippen LogP contribution in [0.3, 0.4) is 0 Å². The maximum atomic E-state index is 12.9. The van der Waals surface area contributed by atoms with Gasteiger partial charge in [0, 0.05) is 17.8 Å². The summed E-state index contributed by atoms with van der Waals surface area (Å²) < 4.78 is 10.6. The lowest BCUT2D eigenvalue weighted by molar-refractivity contribution is -0.154. The molecule has 0 spiro atoms. The molecule has 0 heterocycles. The van der Waals surface area contributed by atoms with Gasteiger partial charge in [0.25, 0.3) is 5.91 Å². The molecule has 31 heavy (non-hydrogen) atoms. The first-order chi connectivity index (χ1) is 14.5. The summed E-state index contributed by atoms with van der Waals surface area (Å²) in [6.45, 7) is 9.16. The average Bonchev–Trinajstić information content (AvgIpc) is 2.64. The summed E-state index contributed by atoms with van der Waals surface area (Å²) in [6.07, 6.45) is -1.83. The molecule has 1 atom stereocenters. The molecular weight excluding hydrogens is 396 g/mol. The van der Waals surface area contributed by atoms with Crippen molar-refractivity contribution in [1.29, 1.82) is 0 Å². The summed E-state index contributed by atoms with van der Waals surface area (Å²) >= 11 is 0. The van der Waals surface area contributed by atoms with Gasteiger partial charge < -0.3 is 20.1 Å². The van der Waals surface area contributed by atoms with Gasteiger partial charge in [-0.3, -0.25) is 9.59 Å². The van der Waals surface area contributed by atoms with Crippen LogP contribution in [0, 0.1) is 13.8 Å². The normalized spacial score (nSPS) is 11.9. The largest absolute Gasteiger partial charge is 0.447 e. The minimum Gasteiger partial charge on any atom is -0.447 e. The average molecular weight is 427 g/mol. The van der Waals surface area contributed by atoms with Crippen molar-refractivity contribution < 1.29 is 23.9 Å². The molecule has 0 bridgehead atoms. The molecule has 0 fully saturated rings. The molecule has 2 amide bonds. The predicted octanol–water partition coefficient (Wildman–Crippen LogP) is 4.44. The van der Waals surface area contributed by atoms with Gasteiger partial charge >= 0.3 is 12.1 Å². The smallest absolute Gasteiger partial charge is 0.407 e. The topological polar surface area (TPSA) is 93.7 Å². The van der Waals surface area contributed by atoms with Crippen LogP contribution in [0.15, 0.2) is 48.5 Å². The van der Waals surface area contributed by atoms with Gasteiger partial charge in [0.2, 0.25) is 6.10 Å². The van der Waals surface area contributed by atoms with E-state index in [4.69, 9.17) is 9.47 Å².